The number of hydrogen-bond acceptors (Lipinski definition) is 5. The number of rotatable bonds is 7. The largest absolute Gasteiger partial charge is 0.418 e. The van der Waals surface area contributed by atoms with Crippen molar-refractivity contribution in [1.29, 1.82) is 5.26 Å². The molecular formula is C43H38Cl2F4N6O. The summed E-state index contributed by atoms with van der Waals surface area (Å²) in [5, 5.41) is 15.3. The molecule has 11 rings (SSSR count). The van der Waals surface area contributed by atoms with E-state index in [4.69, 9.17) is 28.2 Å². The number of amides is 1. The zero-order valence-corrected chi connectivity index (χ0v) is 32.0. The molecule has 13 heteroatoms. The standard InChI is InChI=1S/C43H38Cl2F4N6O/c1-21-28-17-34(40-25-14-26(54(40)42(56)22-11-12-22)20-53(19-25)33-10-3-2-8-30(33)43(47,48)49)55(39-24-16-32(39)51-18-24)41(28)29-15-23(6-5-13-50)35(37(46)38(29)52-21)27-7-4-9-31(44)36(27)45/h2-4,7-10,15,17,22,24-26,32,39-40,51H,5-6,11-12,14,16,18-20H2,1H3. The Hall–Kier alpha value is -4.37. The normalized spacial score (nSPS) is 25.6. The number of likely N-dealkylation sites (tertiary alicyclic amines) is 1. The van der Waals surface area contributed by atoms with Gasteiger partial charge in [0.1, 0.15) is 5.52 Å². The molecule has 4 aliphatic heterocycles. The number of nitrogens with one attached hydrogen (secondary N) is 1. The van der Waals surface area contributed by atoms with E-state index < -0.39 is 23.6 Å². The molecule has 2 aliphatic carbocycles. The average molecular weight is 802 g/mol. The van der Waals surface area contributed by atoms with Crippen LogP contribution in [-0.2, 0) is 17.4 Å². The Bertz CT molecular complexity index is 2490. The van der Waals surface area contributed by atoms with Gasteiger partial charge in [-0.1, -0.05) is 47.5 Å². The molecule has 5 aromatic rings. The Morgan fingerprint density at radius 1 is 1.04 bits per heavy atom. The molecule has 6 atom stereocenters. The first-order chi connectivity index (χ1) is 26.9. The molecule has 1 N–H and O–H groups in total. The number of pyridine rings is 1. The van der Waals surface area contributed by atoms with Crippen molar-refractivity contribution in [2.45, 2.75) is 75.8 Å². The second kappa shape index (κ2) is 13.1. The lowest BCUT2D eigenvalue weighted by Gasteiger charge is -2.40. The van der Waals surface area contributed by atoms with Crippen molar-refractivity contribution >= 4 is 56.6 Å². The number of hydrogen-bond donors (Lipinski definition) is 1. The molecule has 3 aromatic carbocycles. The zero-order chi connectivity index (χ0) is 38.8. The van der Waals surface area contributed by atoms with E-state index in [0.29, 0.717) is 47.6 Å². The van der Waals surface area contributed by atoms with Gasteiger partial charge in [0, 0.05) is 82.9 Å². The van der Waals surface area contributed by atoms with E-state index in [-0.39, 0.29) is 75.5 Å². The van der Waals surface area contributed by atoms with Crippen LogP contribution in [0.5, 0.6) is 0 Å². The van der Waals surface area contributed by atoms with Gasteiger partial charge in [-0.05, 0) is 80.8 Å². The van der Waals surface area contributed by atoms with Crippen molar-refractivity contribution < 1.29 is 22.4 Å². The lowest BCUT2D eigenvalue weighted by molar-refractivity contribution is -0.137. The number of carbonyl (C=O) groups excluding carboxylic acids is 1. The maximum absolute atomic E-state index is 17.3. The molecule has 2 aromatic heterocycles. The van der Waals surface area contributed by atoms with Crippen LogP contribution in [-0.4, -0.2) is 52.1 Å². The SMILES string of the molecule is Cc1nc2c(F)c(-c3cccc(Cl)c3Cl)c(CCC#N)cc2c2c1cc(C1C3CC(CN(c4ccccc4C(F)(F)F)C3)N1C(=O)C1CC1)n2C1C2CNC1C2. The highest BCUT2D eigenvalue weighted by Gasteiger charge is 2.55. The van der Waals surface area contributed by atoms with E-state index in [9.17, 15) is 23.2 Å². The lowest BCUT2D eigenvalue weighted by atomic mass is 9.79. The summed E-state index contributed by atoms with van der Waals surface area (Å²) in [7, 11) is 0. The minimum Gasteiger partial charge on any atom is -0.369 e. The van der Waals surface area contributed by atoms with Gasteiger partial charge in [-0.25, -0.2) is 9.37 Å². The van der Waals surface area contributed by atoms with Gasteiger partial charge in [-0.3, -0.25) is 4.79 Å². The van der Waals surface area contributed by atoms with Crippen LogP contribution < -0.4 is 10.2 Å². The number of aromatic nitrogens is 2. The quantitative estimate of drug-likeness (QED) is 0.166. The van der Waals surface area contributed by atoms with Crippen molar-refractivity contribution in [2.75, 3.05) is 24.5 Å². The van der Waals surface area contributed by atoms with Gasteiger partial charge < -0.3 is 19.7 Å². The maximum atomic E-state index is 17.3. The van der Waals surface area contributed by atoms with Gasteiger partial charge in [0.2, 0.25) is 5.91 Å². The van der Waals surface area contributed by atoms with Crippen LogP contribution in [0.1, 0.15) is 66.7 Å². The fourth-order valence-electron chi connectivity index (χ4n) is 10.5. The van der Waals surface area contributed by atoms with Gasteiger partial charge in [-0.15, -0.1) is 0 Å². The topological polar surface area (TPSA) is 77.2 Å². The molecule has 288 valence electrons. The van der Waals surface area contributed by atoms with Gasteiger partial charge in [0.15, 0.2) is 5.82 Å². The number of benzene rings is 3. The number of halogens is 6. The van der Waals surface area contributed by atoms with Gasteiger partial charge in [0.25, 0.3) is 0 Å². The number of aryl methyl sites for hydroxylation is 2. The zero-order valence-electron chi connectivity index (χ0n) is 30.5. The third-order valence-corrected chi connectivity index (χ3v) is 13.9. The van der Waals surface area contributed by atoms with E-state index in [1.54, 1.807) is 24.3 Å². The van der Waals surface area contributed by atoms with Crippen molar-refractivity contribution in [3.05, 3.63) is 93.0 Å². The summed E-state index contributed by atoms with van der Waals surface area (Å²) in [4.78, 5) is 23.2. The van der Waals surface area contributed by atoms with Gasteiger partial charge >= 0.3 is 6.18 Å². The van der Waals surface area contributed by atoms with E-state index >= 15 is 4.39 Å². The molecule has 6 heterocycles. The summed E-state index contributed by atoms with van der Waals surface area (Å²) in [6.07, 6.45) is -0.822. The molecular weight excluding hydrogens is 763 g/mol. The fraction of sp³-hybridized carbons (Fsp3) is 0.419. The van der Waals surface area contributed by atoms with Crippen LogP contribution in [0, 0.1) is 41.8 Å². The summed E-state index contributed by atoms with van der Waals surface area (Å²) in [5.41, 5.74) is 3.31. The van der Waals surface area contributed by atoms with Crippen molar-refractivity contribution in [2.24, 2.45) is 17.8 Å². The van der Waals surface area contributed by atoms with Crippen LogP contribution in [0.2, 0.25) is 10.0 Å². The fourth-order valence-corrected chi connectivity index (χ4v) is 10.9. The number of piperidine rings is 1. The minimum absolute atomic E-state index is 0.0283. The number of carbonyl (C=O) groups is 1. The highest BCUT2D eigenvalue weighted by molar-refractivity contribution is 6.43. The van der Waals surface area contributed by atoms with Crippen molar-refractivity contribution in [3.63, 3.8) is 0 Å². The number of para-hydroxylation sites is 1. The van der Waals surface area contributed by atoms with Crippen LogP contribution in [0.4, 0.5) is 23.2 Å². The van der Waals surface area contributed by atoms with Gasteiger partial charge in [-0.2, -0.15) is 18.4 Å². The van der Waals surface area contributed by atoms with Crippen LogP contribution >= 0.6 is 23.2 Å². The second-order valence-corrected chi connectivity index (χ2v) is 17.1. The Morgan fingerprint density at radius 3 is 2.55 bits per heavy atom. The van der Waals surface area contributed by atoms with Crippen LogP contribution in [0.25, 0.3) is 32.9 Å². The third-order valence-electron chi connectivity index (χ3n) is 13.1. The Balaban J connectivity index is 1.20. The molecule has 0 radical (unpaired) electrons. The predicted molar refractivity (Wildman–Crippen MR) is 208 cm³/mol. The average Bonchev–Trinajstić information content (AvgIpc) is 3.45. The number of fused-ring (bicyclic) bond motifs is 6. The van der Waals surface area contributed by atoms with Crippen LogP contribution in [0.3, 0.4) is 0 Å². The molecule has 56 heavy (non-hydrogen) atoms. The smallest absolute Gasteiger partial charge is 0.369 e. The Kier molecular flexibility index (Phi) is 8.41. The summed E-state index contributed by atoms with van der Waals surface area (Å²) in [6.45, 7) is 3.36. The third kappa shape index (κ3) is 5.46. The molecule has 6 aliphatic rings. The molecule has 0 spiro atoms. The summed E-state index contributed by atoms with van der Waals surface area (Å²) in [6, 6.07) is 16.6. The molecule has 4 saturated heterocycles. The molecule has 7 nitrogen and oxygen atoms in total. The maximum Gasteiger partial charge on any atom is 0.418 e. The Labute approximate surface area is 331 Å². The van der Waals surface area contributed by atoms with E-state index in [0.717, 1.165) is 48.5 Å². The monoisotopic (exact) mass is 800 g/mol. The molecule has 6 unspecified atom stereocenters. The number of alkyl halides is 3. The second-order valence-electron chi connectivity index (χ2n) is 16.3. The highest BCUT2D eigenvalue weighted by Crippen LogP contribution is 2.54. The van der Waals surface area contributed by atoms with Crippen LogP contribution in [0.15, 0.2) is 54.6 Å². The van der Waals surface area contributed by atoms with E-state index in [1.165, 1.54) is 12.1 Å². The summed E-state index contributed by atoms with van der Waals surface area (Å²) >= 11 is 13.1. The Morgan fingerprint density at radius 2 is 1.84 bits per heavy atom. The van der Waals surface area contributed by atoms with E-state index in [1.807, 2.05) is 22.8 Å². The number of anilines is 1. The molecule has 2 saturated carbocycles. The molecule has 6 fully saturated rings. The first-order valence-electron chi connectivity index (χ1n) is 19.4. The summed E-state index contributed by atoms with van der Waals surface area (Å²) < 4.78 is 62.7. The molecule has 1 amide bonds. The predicted octanol–water partition coefficient (Wildman–Crippen LogP) is 9.81. The van der Waals surface area contributed by atoms with Gasteiger partial charge in [0.05, 0.1) is 45.3 Å². The highest BCUT2D eigenvalue weighted by atomic mass is 35.5. The van der Waals surface area contributed by atoms with Crippen molar-refractivity contribution in [3.8, 4) is 17.2 Å². The first kappa shape index (κ1) is 36.0. The number of nitrogens with zero attached hydrogens (tertiary/aromatic N) is 5. The van der Waals surface area contributed by atoms with Crippen molar-refractivity contribution in [1.82, 2.24) is 19.8 Å². The lowest BCUT2D eigenvalue weighted by Crippen LogP contribution is -2.45. The van der Waals surface area contributed by atoms with E-state index in [2.05, 4.69) is 22.0 Å². The first-order valence-corrected chi connectivity index (χ1v) is 20.1. The molecule has 4 bridgehead atoms. The summed E-state index contributed by atoms with van der Waals surface area (Å²) in [5.74, 6) is -0.411. The number of nitriles is 1. The minimum atomic E-state index is -4.52.